The number of nitrogens with zero attached hydrogens (tertiary/aromatic N) is 1. The fraction of sp³-hybridized carbons (Fsp3) is 0.846. The van der Waals surface area contributed by atoms with Crippen molar-refractivity contribution in [2.75, 3.05) is 39.5 Å². The molecule has 0 amide bonds. The van der Waals surface area contributed by atoms with Crippen LogP contribution in [0.15, 0.2) is 0 Å². The number of aliphatic hydroxyl groups is 1. The summed E-state index contributed by atoms with van der Waals surface area (Å²) in [6, 6.07) is 0. The minimum absolute atomic E-state index is 0. The average Bonchev–Trinajstić information content (AvgIpc) is 2.37. The summed E-state index contributed by atoms with van der Waals surface area (Å²) < 4.78 is 10.8. The van der Waals surface area contributed by atoms with Crippen molar-refractivity contribution in [3.8, 4) is 12.3 Å². The minimum Gasteiger partial charge on any atom is -0.389 e. The summed E-state index contributed by atoms with van der Waals surface area (Å²) in [4.78, 5) is 2.18. The molecule has 1 unspecified atom stereocenters. The van der Waals surface area contributed by atoms with Gasteiger partial charge in [-0.1, -0.05) is 12.8 Å². The molecule has 5 heteroatoms. The molecule has 4 nitrogen and oxygen atoms in total. The Hall–Kier alpha value is -0.310. The Labute approximate surface area is 116 Å². The number of rotatable bonds is 6. The molecule has 0 aliphatic carbocycles. The van der Waals surface area contributed by atoms with Crippen molar-refractivity contribution in [1.82, 2.24) is 4.90 Å². The SMILES string of the molecule is C#C[C@@](C)(CC)OCC(O)CN1CCOCC1.Cl. The highest BCUT2D eigenvalue weighted by Gasteiger charge is 2.22. The zero-order valence-electron chi connectivity index (χ0n) is 11.2. The van der Waals surface area contributed by atoms with Crippen LogP contribution in [0, 0.1) is 12.3 Å². The summed E-state index contributed by atoms with van der Waals surface area (Å²) in [6.45, 7) is 7.98. The van der Waals surface area contributed by atoms with Crippen molar-refractivity contribution in [3.63, 3.8) is 0 Å². The van der Waals surface area contributed by atoms with Gasteiger partial charge in [-0.25, -0.2) is 0 Å². The summed E-state index contributed by atoms with van der Waals surface area (Å²) in [5, 5.41) is 9.88. The van der Waals surface area contributed by atoms with E-state index in [1.54, 1.807) is 0 Å². The van der Waals surface area contributed by atoms with E-state index in [4.69, 9.17) is 15.9 Å². The molecule has 1 aliphatic heterocycles. The largest absolute Gasteiger partial charge is 0.389 e. The van der Waals surface area contributed by atoms with Gasteiger partial charge < -0.3 is 14.6 Å². The predicted octanol–water partition coefficient (Wildman–Crippen LogP) is 0.920. The molecule has 0 bridgehead atoms. The van der Waals surface area contributed by atoms with Gasteiger partial charge in [-0.05, 0) is 13.3 Å². The summed E-state index contributed by atoms with van der Waals surface area (Å²) in [5.41, 5.74) is -0.564. The number of morpholine rings is 1. The number of ether oxygens (including phenoxy) is 2. The van der Waals surface area contributed by atoms with E-state index < -0.39 is 11.7 Å². The number of β-amino-alcohol motifs (C(OH)–C–C–N with tert-alkyl or cyclic N) is 1. The van der Waals surface area contributed by atoms with Crippen LogP contribution in [0.2, 0.25) is 0 Å². The Morgan fingerprint density at radius 3 is 2.61 bits per heavy atom. The molecule has 0 aromatic heterocycles. The first-order valence-corrected chi connectivity index (χ1v) is 6.19. The molecule has 1 N–H and O–H groups in total. The fourth-order valence-electron chi connectivity index (χ4n) is 1.66. The first kappa shape index (κ1) is 17.7. The standard InChI is InChI=1S/C13H23NO3.ClH/c1-4-13(3,5-2)17-11-12(15)10-14-6-8-16-9-7-14;/h1,12,15H,5-11H2,2-3H3;1H/t12?,13-;/m0./s1. The maximum atomic E-state index is 9.88. The van der Waals surface area contributed by atoms with Crippen LogP contribution in [0.5, 0.6) is 0 Å². The first-order chi connectivity index (χ1) is 8.09. The molecule has 0 aromatic carbocycles. The van der Waals surface area contributed by atoms with E-state index in [9.17, 15) is 5.11 Å². The Balaban J connectivity index is 0.00000289. The number of hydrogen-bond donors (Lipinski definition) is 1. The van der Waals surface area contributed by atoms with Gasteiger partial charge in [0.15, 0.2) is 0 Å². The number of hydrogen-bond acceptors (Lipinski definition) is 4. The lowest BCUT2D eigenvalue weighted by Gasteiger charge is -2.30. The van der Waals surface area contributed by atoms with E-state index in [1.807, 2.05) is 13.8 Å². The van der Waals surface area contributed by atoms with Crippen LogP contribution in [-0.4, -0.2) is 61.2 Å². The van der Waals surface area contributed by atoms with Gasteiger partial charge in [0, 0.05) is 19.6 Å². The van der Waals surface area contributed by atoms with Crippen LogP contribution in [-0.2, 0) is 9.47 Å². The van der Waals surface area contributed by atoms with Gasteiger partial charge in [0.2, 0.25) is 0 Å². The highest BCUT2D eigenvalue weighted by molar-refractivity contribution is 5.85. The number of aliphatic hydroxyl groups excluding tert-OH is 1. The second-order valence-corrected chi connectivity index (χ2v) is 4.61. The molecular formula is C13H24ClNO3. The van der Waals surface area contributed by atoms with Crippen LogP contribution in [0.1, 0.15) is 20.3 Å². The summed E-state index contributed by atoms with van der Waals surface area (Å²) in [6.07, 6.45) is 5.66. The van der Waals surface area contributed by atoms with Gasteiger partial charge in [-0.2, -0.15) is 0 Å². The summed E-state index contributed by atoms with van der Waals surface area (Å²) in [7, 11) is 0. The first-order valence-electron chi connectivity index (χ1n) is 6.19. The molecule has 1 rings (SSSR count). The minimum atomic E-state index is -0.564. The lowest BCUT2D eigenvalue weighted by Crippen LogP contribution is -2.43. The van der Waals surface area contributed by atoms with Crippen LogP contribution >= 0.6 is 12.4 Å². The van der Waals surface area contributed by atoms with Gasteiger partial charge in [0.05, 0.1) is 25.9 Å². The van der Waals surface area contributed by atoms with E-state index in [0.29, 0.717) is 6.54 Å². The second kappa shape index (κ2) is 8.73. The van der Waals surface area contributed by atoms with Crippen molar-refractivity contribution >= 4 is 12.4 Å². The predicted molar refractivity (Wildman–Crippen MR) is 74.0 cm³/mol. The lowest BCUT2D eigenvalue weighted by molar-refractivity contribution is -0.0558. The van der Waals surface area contributed by atoms with Crippen molar-refractivity contribution < 1.29 is 14.6 Å². The third-order valence-electron chi connectivity index (χ3n) is 3.15. The topological polar surface area (TPSA) is 41.9 Å². The van der Waals surface area contributed by atoms with E-state index in [2.05, 4.69) is 10.8 Å². The Morgan fingerprint density at radius 2 is 2.11 bits per heavy atom. The normalized spacial score (nSPS) is 21.4. The molecule has 0 radical (unpaired) electrons. The summed E-state index contributed by atoms with van der Waals surface area (Å²) in [5.74, 6) is 2.62. The highest BCUT2D eigenvalue weighted by Crippen LogP contribution is 2.14. The molecule has 0 aromatic rings. The van der Waals surface area contributed by atoms with Crippen molar-refractivity contribution in [1.29, 1.82) is 0 Å². The maximum Gasteiger partial charge on any atom is 0.125 e. The molecule has 2 atom stereocenters. The third kappa shape index (κ3) is 6.03. The Bertz CT molecular complexity index is 263. The summed E-state index contributed by atoms with van der Waals surface area (Å²) >= 11 is 0. The smallest absolute Gasteiger partial charge is 0.125 e. The van der Waals surface area contributed by atoms with Crippen LogP contribution in [0.3, 0.4) is 0 Å². The van der Waals surface area contributed by atoms with Gasteiger partial charge in [0.1, 0.15) is 5.60 Å². The zero-order valence-corrected chi connectivity index (χ0v) is 12.0. The highest BCUT2D eigenvalue weighted by atomic mass is 35.5. The van der Waals surface area contributed by atoms with Crippen molar-refractivity contribution in [3.05, 3.63) is 0 Å². The van der Waals surface area contributed by atoms with Crippen LogP contribution in [0.4, 0.5) is 0 Å². The lowest BCUT2D eigenvalue weighted by atomic mass is 10.1. The van der Waals surface area contributed by atoms with Crippen molar-refractivity contribution in [2.45, 2.75) is 32.0 Å². The molecule has 1 fully saturated rings. The van der Waals surface area contributed by atoms with E-state index in [1.165, 1.54) is 0 Å². The van der Waals surface area contributed by atoms with Crippen molar-refractivity contribution in [2.24, 2.45) is 0 Å². The quantitative estimate of drug-likeness (QED) is 0.733. The van der Waals surface area contributed by atoms with Crippen LogP contribution < -0.4 is 0 Å². The molecule has 1 aliphatic rings. The van der Waals surface area contributed by atoms with Crippen LogP contribution in [0.25, 0.3) is 0 Å². The Morgan fingerprint density at radius 1 is 1.50 bits per heavy atom. The maximum absolute atomic E-state index is 9.88. The number of halogens is 1. The molecule has 0 saturated carbocycles. The molecule has 106 valence electrons. The van der Waals surface area contributed by atoms with E-state index >= 15 is 0 Å². The van der Waals surface area contributed by atoms with E-state index in [-0.39, 0.29) is 19.0 Å². The molecule has 18 heavy (non-hydrogen) atoms. The van der Waals surface area contributed by atoms with Gasteiger partial charge in [-0.15, -0.1) is 18.8 Å². The van der Waals surface area contributed by atoms with E-state index in [0.717, 1.165) is 32.7 Å². The molecule has 1 heterocycles. The monoisotopic (exact) mass is 277 g/mol. The third-order valence-corrected chi connectivity index (χ3v) is 3.15. The molecular weight excluding hydrogens is 254 g/mol. The zero-order chi connectivity index (χ0) is 12.7. The number of terminal acetylenes is 1. The fourth-order valence-corrected chi connectivity index (χ4v) is 1.66. The van der Waals surface area contributed by atoms with Gasteiger partial charge >= 0.3 is 0 Å². The Kier molecular flexibility index (Phi) is 8.58. The second-order valence-electron chi connectivity index (χ2n) is 4.61. The molecule has 1 saturated heterocycles. The molecule has 0 spiro atoms. The average molecular weight is 278 g/mol. The van der Waals surface area contributed by atoms with Gasteiger partial charge in [-0.3, -0.25) is 4.90 Å². The van der Waals surface area contributed by atoms with Gasteiger partial charge in [0.25, 0.3) is 0 Å².